The van der Waals surface area contributed by atoms with Crippen LogP contribution in [-0.4, -0.2) is 43.2 Å². The minimum atomic E-state index is 0.0382. The van der Waals surface area contributed by atoms with Gasteiger partial charge >= 0.3 is 0 Å². The summed E-state index contributed by atoms with van der Waals surface area (Å²) in [6.07, 6.45) is 2.43. The van der Waals surface area contributed by atoms with Gasteiger partial charge in [-0.15, -0.1) is 0 Å². The highest BCUT2D eigenvalue weighted by Gasteiger charge is 1.85. The Hall–Kier alpha value is -0.580. The predicted octanol–water partition coefficient (Wildman–Crippen LogP) is 0.0836. The molecular formula is C7H14O4. The van der Waals surface area contributed by atoms with Gasteiger partial charge in [-0.3, -0.25) is 0 Å². The Morgan fingerprint density at radius 3 is 2.45 bits per heavy atom. The molecule has 0 saturated heterocycles. The molecular weight excluding hydrogens is 148 g/mol. The zero-order chi connectivity index (χ0) is 8.36. The molecule has 0 fully saturated rings. The average molecular weight is 162 g/mol. The summed E-state index contributed by atoms with van der Waals surface area (Å²) in [4.78, 5) is 0. The Balaban J connectivity index is 2.79. The summed E-state index contributed by atoms with van der Waals surface area (Å²) in [6.45, 7) is 1.72. The highest BCUT2D eigenvalue weighted by atomic mass is 16.5. The van der Waals surface area contributed by atoms with E-state index in [1.165, 1.54) is 6.08 Å². The first-order valence-electron chi connectivity index (χ1n) is 3.47. The molecule has 2 N–H and O–H groups in total. The van der Waals surface area contributed by atoms with Crippen LogP contribution in [-0.2, 0) is 9.47 Å². The third-order valence-electron chi connectivity index (χ3n) is 0.927. The van der Waals surface area contributed by atoms with Gasteiger partial charge < -0.3 is 19.7 Å². The quantitative estimate of drug-likeness (QED) is 0.411. The zero-order valence-corrected chi connectivity index (χ0v) is 6.40. The first kappa shape index (κ1) is 10.4. The second kappa shape index (κ2) is 9.42. The molecule has 11 heavy (non-hydrogen) atoms. The normalized spacial score (nSPS) is 11.0. The SMILES string of the molecule is O/C=C/COCCOCCO. The molecule has 0 spiro atoms. The van der Waals surface area contributed by atoms with Crippen molar-refractivity contribution in [3.63, 3.8) is 0 Å². The lowest BCUT2D eigenvalue weighted by Crippen LogP contribution is -2.07. The maximum atomic E-state index is 8.30. The third-order valence-corrected chi connectivity index (χ3v) is 0.927. The van der Waals surface area contributed by atoms with Crippen LogP contribution in [0.15, 0.2) is 12.3 Å². The van der Waals surface area contributed by atoms with Gasteiger partial charge in [0.05, 0.1) is 39.3 Å². The Labute approximate surface area is 66.1 Å². The van der Waals surface area contributed by atoms with Crippen LogP contribution in [0.3, 0.4) is 0 Å². The van der Waals surface area contributed by atoms with Crippen LogP contribution in [0.4, 0.5) is 0 Å². The van der Waals surface area contributed by atoms with E-state index < -0.39 is 0 Å². The van der Waals surface area contributed by atoms with E-state index in [0.29, 0.717) is 26.4 Å². The van der Waals surface area contributed by atoms with E-state index in [1.54, 1.807) is 0 Å². The summed E-state index contributed by atoms with van der Waals surface area (Å²) in [5.74, 6) is 0. The van der Waals surface area contributed by atoms with Crippen molar-refractivity contribution in [3.05, 3.63) is 12.3 Å². The molecule has 0 aliphatic rings. The van der Waals surface area contributed by atoms with Gasteiger partial charge in [0, 0.05) is 0 Å². The van der Waals surface area contributed by atoms with Crippen molar-refractivity contribution in [2.75, 3.05) is 33.0 Å². The van der Waals surface area contributed by atoms with Gasteiger partial charge in [-0.05, 0) is 6.08 Å². The van der Waals surface area contributed by atoms with Crippen LogP contribution in [0.2, 0.25) is 0 Å². The van der Waals surface area contributed by atoms with Crippen molar-refractivity contribution in [2.45, 2.75) is 0 Å². The Bertz CT molecular complexity index is 92.4. The molecule has 0 atom stereocenters. The minimum absolute atomic E-state index is 0.0382. The molecule has 0 rings (SSSR count). The fourth-order valence-corrected chi connectivity index (χ4v) is 0.479. The summed E-state index contributed by atoms with van der Waals surface area (Å²) in [5.41, 5.74) is 0. The second-order valence-corrected chi connectivity index (χ2v) is 1.80. The van der Waals surface area contributed by atoms with E-state index in [1.807, 2.05) is 0 Å². The van der Waals surface area contributed by atoms with E-state index >= 15 is 0 Å². The van der Waals surface area contributed by atoms with Gasteiger partial charge in [0.2, 0.25) is 0 Å². The molecule has 0 saturated carbocycles. The first-order chi connectivity index (χ1) is 5.41. The van der Waals surface area contributed by atoms with E-state index in [-0.39, 0.29) is 6.61 Å². The van der Waals surface area contributed by atoms with Crippen molar-refractivity contribution < 1.29 is 19.7 Å². The third kappa shape index (κ3) is 9.42. The maximum Gasteiger partial charge on any atom is 0.0774 e. The van der Waals surface area contributed by atoms with Crippen molar-refractivity contribution in [1.82, 2.24) is 0 Å². The van der Waals surface area contributed by atoms with E-state index in [4.69, 9.17) is 19.7 Å². The highest BCUT2D eigenvalue weighted by Crippen LogP contribution is 1.78. The molecule has 0 aliphatic carbocycles. The maximum absolute atomic E-state index is 8.30. The van der Waals surface area contributed by atoms with Crippen molar-refractivity contribution in [3.8, 4) is 0 Å². The highest BCUT2D eigenvalue weighted by molar-refractivity contribution is 4.69. The molecule has 0 heterocycles. The van der Waals surface area contributed by atoms with Crippen molar-refractivity contribution in [1.29, 1.82) is 0 Å². The Kier molecular flexibility index (Phi) is 8.92. The second-order valence-electron chi connectivity index (χ2n) is 1.80. The number of ether oxygens (including phenoxy) is 2. The molecule has 4 heteroatoms. The van der Waals surface area contributed by atoms with Crippen LogP contribution in [0.5, 0.6) is 0 Å². The predicted molar refractivity (Wildman–Crippen MR) is 40.5 cm³/mol. The molecule has 4 nitrogen and oxygen atoms in total. The van der Waals surface area contributed by atoms with Gasteiger partial charge in [0.25, 0.3) is 0 Å². The van der Waals surface area contributed by atoms with Crippen LogP contribution in [0.1, 0.15) is 0 Å². The van der Waals surface area contributed by atoms with Gasteiger partial charge in [0.1, 0.15) is 0 Å². The molecule has 0 aliphatic heterocycles. The lowest BCUT2D eigenvalue weighted by atomic mass is 10.6. The number of aliphatic hydroxyl groups is 2. The standard InChI is InChI=1S/C7H14O4/c8-2-1-4-10-6-7-11-5-3-9/h1-2,8-9H,3-7H2/b2-1+. The summed E-state index contributed by atoms with van der Waals surface area (Å²) >= 11 is 0. The van der Waals surface area contributed by atoms with Gasteiger partial charge in [-0.25, -0.2) is 0 Å². The molecule has 0 unspecified atom stereocenters. The molecule has 0 aromatic heterocycles. The lowest BCUT2D eigenvalue weighted by Gasteiger charge is -2.01. The number of hydrogen-bond acceptors (Lipinski definition) is 4. The van der Waals surface area contributed by atoms with E-state index in [2.05, 4.69) is 0 Å². The van der Waals surface area contributed by atoms with Gasteiger partial charge in [0.15, 0.2) is 0 Å². The molecule has 0 aromatic carbocycles. The average Bonchev–Trinajstić information content (AvgIpc) is 2.03. The molecule has 0 aromatic rings. The molecule has 0 bridgehead atoms. The van der Waals surface area contributed by atoms with Gasteiger partial charge in [-0.1, -0.05) is 0 Å². The molecule has 66 valence electrons. The molecule has 0 radical (unpaired) electrons. The monoisotopic (exact) mass is 162 g/mol. The largest absolute Gasteiger partial charge is 0.516 e. The van der Waals surface area contributed by atoms with Crippen LogP contribution < -0.4 is 0 Å². The van der Waals surface area contributed by atoms with Crippen LogP contribution in [0, 0.1) is 0 Å². The Morgan fingerprint density at radius 1 is 1.09 bits per heavy atom. The Morgan fingerprint density at radius 2 is 1.82 bits per heavy atom. The van der Waals surface area contributed by atoms with E-state index in [9.17, 15) is 0 Å². The summed E-state index contributed by atoms with van der Waals surface area (Å²) < 4.78 is 9.87. The first-order valence-corrected chi connectivity index (χ1v) is 3.47. The number of hydrogen-bond donors (Lipinski definition) is 2. The summed E-state index contributed by atoms with van der Waals surface area (Å²) in [5, 5.41) is 16.5. The topological polar surface area (TPSA) is 58.9 Å². The number of rotatable bonds is 7. The van der Waals surface area contributed by atoms with Crippen molar-refractivity contribution >= 4 is 0 Å². The minimum Gasteiger partial charge on any atom is -0.516 e. The summed E-state index contributed by atoms with van der Waals surface area (Å²) in [7, 11) is 0. The number of aliphatic hydroxyl groups excluding tert-OH is 2. The zero-order valence-electron chi connectivity index (χ0n) is 6.40. The van der Waals surface area contributed by atoms with Crippen molar-refractivity contribution in [2.24, 2.45) is 0 Å². The van der Waals surface area contributed by atoms with Gasteiger partial charge in [-0.2, -0.15) is 0 Å². The smallest absolute Gasteiger partial charge is 0.0774 e. The lowest BCUT2D eigenvalue weighted by molar-refractivity contribution is 0.0409. The molecule has 0 amide bonds. The fraction of sp³-hybridized carbons (Fsp3) is 0.714. The van der Waals surface area contributed by atoms with E-state index in [0.717, 1.165) is 6.26 Å². The summed E-state index contributed by atoms with van der Waals surface area (Å²) in [6, 6.07) is 0. The van der Waals surface area contributed by atoms with Crippen LogP contribution >= 0.6 is 0 Å². The fourth-order valence-electron chi connectivity index (χ4n) is 0.479. The van der Waals surface area contributed by atoms with Crippen LogP contribution in [0.25, 0.3) is 0 Å².